The zero-order chi connectivity index (χ0) is 17.9. The van der Waals surface area contributed by atoms with Crippen LogP contribution in [0.3, 0.4) is 0 Å². The van der Waals surface area contributed by atoms with Gasteiger partial charge in [0.05, 0.1) is 0 Å². The van der Waals surface area contributed by atoms with Crippen molar-refractivity contribution in [2.45, 2.75) is 29.2 Å². The standard InChI is InChI=1S/C19H16FN3O2S/c20-14-8-10-15(11-9-14)21-17(24)16(12-4-2-1-3-5-12)26-19-23-22-18(25-19)13-6-7-13/h1-5,8-11,13,16H,6-7H2,(H,21,24)/t16-/m1/s1. The van der Waals surface area contributed by atoms with Gasteiger partial charge in [-0.1, -0.05) is 30.3 Å². The first-order chi connectivity index (χ1) is 12.7. The molecule has 7 heteroatoms. The van der Waals surface area contributed by atoms with E-state index in [1.807, 2.05) is 30.3 Å². The van der Waals surface area contributed by atoms with E-state index in [1.54, 1.807) is 0 Å². The highest BCUT2D eigenvalue weighted by molar-refractivity contribution is 8.00. The predicted octanol–water partition coefficient (Wildman–Crippen LogP) is 4.56. The summed E-state index contributed by atoms with van der Waals surface area (Å²) in [5.74, 6) is 0.410. The molecule has 0 saturated heterocycles. The largest absolute Gasteiger partial charge is 0.416 e. The maximum atomic E-state index is 13.1. The average molecular weight is 369 g/mol. The first kappa shape index (κ1) is 16.8. The summed E-state index contributed by atoms with van der Waals surface area (Å²) in [4.78, 5) is 12.8. The lowest BCUT2D eigenvalue weighted by molar-refractivity contribution is -0.115. The number of amides is 1. The molecule has 0 aliphatic heterocycles. The van der Waals surface area contributed by atoms with E-state index < -0.39 is 5.25 Å². The molecule has 5 nitrogen and oxygen atoms in total. The number of anilines is 1. The third-order valence-electron chi connectivity index (χ3n) is 4.02. The van der Waals surface area contributed by atoms with Gasteiger partial charge in [-0.2, -0.15) is 0 Å². The Labute approximate surface area is 154 Å². The normalized spacial score (nSPS) is 14.8. The summed E-state index contributed by atoms with van der Waals surface area (Å²) in [5.41, 5.74) is 1.35. The molecule has 0 radical (unpaired) electrons. The minimum absolute atomic E-state index is 0.237. The molecule has 3 aromatic rings. The molecule has 1 aliphatic carbocycles. The maximum Gasteiger partial charge on any atom is 0.277 e. The number of benzene rings is 2. The molecule has 0 bridgehead atoms. The third kappa shape index (κ3) is 3.94. The van der Waals surface area contributed by atoms with Crippen LogP contribution in [-0.2, 0) is 4.79 Å². The van der Waals surface area contributed by atoms with E-state index in [-0.39, 0.29) is 11.7 Å². The first-order valence-corrected chi connectivity index (χ1v) is 9.18. The number of carbonyl (C=O) groups is 1. The molecule has 1 fully saturated rings. The molecule has 0 unspecified atom stereocenters. The van der Waals surface area contributed by atoms with Crippen LogP contribution in [0.1, 0.15) is 35.5 Å². The van der Waals surface area contributed by atoms with E-state index in [4.69, 9.17) is 4.42 Å². The van der Waals surface area contributed by atoms with Crippen LogP contribution >= 0.6 is 11.8 Å². The Morgan fingerprint density at radius 3 is 2.54 bits per heavy atom. The number of aromatic nitrogens is 2. The first-order valence-electron chi connectivity index (χ1n) is 8.30. The molecule has 1 aliphatic rings. The number of nitrogens with zero attached hydrogens (tertiary/aromatic N) is 2. The smallest absolute Gasteiger partial charge is 0.277 e. The lowest BCUT2D eigenvalue weighted by Gasteiger charge is -2.15. The summed E-state index contributed by atoms with van der Waals surface area (Å²) < 4.78 is 18.8. The minimum Gasteiger partial charge on any atom is -0.416 e. The number of nitrogens with one attached hydrogen (secondary N) is 1. The fourth-order valence-corrected chi connectivity index (χ4v) is 3.39. The van der Waals surface area contributed by atoms with Crippen molar-refractivity contribution in [3.63, 3.8) is 0 Å². The van der Waals surface area contributed by atoms with Gasteiger partial charge in [0.2, 0.25) is 11.8 Å². The van der Waals surface area contributed by atoms with Crippen LogP contribution in [0.4, 0.5) is 10.1 Å². The fourth-order valence-electron chi connectivity index (χ4n) is 2.51. The zero-order valence-corrected chi connectivity index (χ0v) is 14.6. The van der Waals surface area contributed by atoms with Gasteiger partial charge in [-0.05, 0) is 54.4 Å². The number of halogens is 1. The van der Waals surface area contributed by atoms with E-state index in [0.717, 1.165) is 18.4 Å². The number of carbonyl (C=O) groups excluding carboxylic acids is 1. The number of thioether (sulfide) groups is 1. The Balaban J connectivity index is 1.55. The zero-order valence-electron chi connectivity index (χ0n) is 13.8. The van der Waals surface area contributed by atoms with Gasteiger partial charge in [0.1, 0.15) is 11.1 Å². The van der Waals surface area contributed by atoms with Gasteiger partial charge in [-0.15, -0.1) is 10.2 Å². The minimum atomic E-state index is -0.561. The highest BCUT2D eigenvalue weighted by Gasteiger charge is 2.31. The third-order valence-corrected chi connectivity index (χ3v) is 5.11. The van der Waals surface area contributed by atoms with Crippen LogP contribution < -0.4 is 5.32 Å². The number of hydrogen-bond donors (Lipinski definition) is 1. The molecular formula is C19H16FN3O2S. The Morgan fingerprint density at radius 1 is 1.12 bits per heavy atom. The van der Waals surface area contributed by atoms with Gasteiger partial charge < -0.3 is 9.73 Å². The Hall–Kier alpha value is -2.67. The molecule has 0 spiro atoms. The van der Waals surface area contributed by atoms with E-state index >= 15 is 0 Å². The van der Waals surface area contributed by atoms with E-state index in [2.05, 4.69) is 15.5 Å². The van der Waals surface area contributed by atoms with Crippen LogP contribution in [0.5, 0.6) is 0 Å². The van der Waals surface area contributed by atoms with Gasteiger partial charge in [-0.25, -0.2) is 4.39 Å². The highest BCUT2D eigenvalue weighted by Crippen LogP contribution is 2.42. The van der Waals surface area contributed by atoms with Crippen LogP contribution in [0.25, 0.3) is 0 Å². The molecule has 1 amide bonds. The van der Waals surface area contributed by atoms with Crippen molar-refractivity contribution in [3.05, 3.63) is 71.9 Å². The Bertz CT molecular complexity index is 895. The van der Waals surface area contributed by atoms with Crippen molar-refractivity contribution in [1.29, 1.82) is 0 Å². The average Bonchev–Trinajstić information content (AvgIpc) is 3.41. The number of hydrogen-bond acceptors (Lipinski definition) is 5. The molecule has 1 aromatic heterocycles. The van der Waals surface area contributed by atoms with Crippen molar-refractivity contribution in [2.75, 3.05) is 5.32 Å². The van der Waals surface area contributed by atoms with E-state index in [1.165, 1.54) is 36.0 Å². The molecule has 26 heavy (non-hydrogen) atoms. The van der Waals surface area contributed by atoms with Gasteiger partial charge in [-0.3, -0.25) is 4.79 Å². The molecule has 1 heterocycles. The Morgan fingerprint density at radius 2 is 1.85 bits per heavy atom. The van der Waals surface area contributed by atoms with Crippen molar-refractivity contribution in [1.82, 2.24) is 10.2 Å². The number of rotatable bonds is 6. The summed E-state index contributed by atoms with van der Waals surface area (Å²) in [6, 6.07) is 15.0. The quantitative estimate of drug-likeness (QED) is 0.645. The molecule has 1 N–H and O–H groups in total. The van der Waals surface area contributed by atoms with Gasteiger partial charge in [0.15, 0.2) is 0 Å². The SMILES string of the molecule is O=C(Nc1ccc(F)cc1)[C@H](Sc1nnc(C2CC2)o1)c1ccccc1. The monoisotopic (exact) mass is 369 g/mol. The van der Waals surface area contributed by atoms with Gasteiger partial charge in [0, 0.05) is 11.6 Å². The van der Waals surface area contributed by atoms with Crippen molar-refractivity contribution in [3.8, 4) is 0 Å². The van der Waals surface area contributed by atoms with E-state index in [0.29, 0.717) is 22.7 Å². The topological polar surface area (TPSA) is 68.0 Å². The second kappa shape index (κ2) is 7.29. The molecule has 132 valence electrons. The maximum absolute atomic E-state index is 13.1. The molecular weight excluding hydrogens is 353 g/mol. The molecule has 1 atom stereocenters. The predicted molar refractivity (Wildman–Crippen MR) is 96.3 cm³/mol. The molecule has 1 saturated carbocycles. The van der Waals surface area contributed by atoms with Crippen molar-refractivity contribution >= 4 is 23.4 Å². The molecule has 4 rings (SSSR count). The van der Waals surface area contributed by atoms with Crippen LogP contribution in [0.15, 0.2) is 64.2 Å². The highest BCUT2D eigenvalue weighted by atomic mass is 32.2. The summed E-state index contributed by atoms with van der Waals surface area (Å²) in [6.07, 6.45) is 2.14. The summed E-state index contributed by atoms with van der Waals surface area (Å²) in [5, 5.41) is 10.8. The second-order valence-electron chi connectivity index (χ2n) is 6.09. The lowest BCUT2D eigenvalue weighted by atomic mass is 10.1. The molecule has 2 aromatic carbocycles. The van der Waals surface area contributed by atoms with Crippen molar-refractivity contribution in [2.24, 2.45) is 0 Å². The summed E-state index contributed by atoms with van der Waals surface area (Å²) in [6.45, 7) is 0. The lowest BCUT2D eigenvalue weighted by Crippen LogP contribution is -2.19. The van der Waals surface area contributed by atoms with Crippen molar-refractivity contribution < 1.29 is 13.6 Å². The summed E-state index contributed by atoms with van der Waals surface area (Å²) in [7, 11) is 0. The van der Waals surface area contributed by atoms with E-state index in [9.17, 15) is 9.18 Å². The van der Waals surface area contributed by atoms with Gasteiger partial charge >= 0.3 is 0 Å². The van der Waals surface area contributed by atoms with Crippen LogP contribution in [-0.4, -0.2) is 16.1 Å². The summed E-state index contributed by atoms with van der Waals surface area (Å²) >= 11 is 1.21. The van der Waals surface area contributed by atoms with Gasteiger partial charge in [0.25, 0.3) is 5.22 Å². The second-order valence-corrected chi connectivity index (χ2v) is 7.14. The Kier molecular flexibility index (Phi) is 4.71. The van der Waals surface area contributed by atoms with Crippen LogP contribution in [0, 0.1) is 5.82 Å². The fraction of sp³-hybridized carbons (Fsp3) is 0.211. The van der Waals surface area contributed by atoms with Crippen LogP contribution in [0.2, 0.25) is 0 Å².